The second kappa shape index (κ2) is 42.7. The lowest BCUT2D eigenvalue weighted by molar-refractivity contribution is -0.135. The zero-order chi connectivity index (χ0) is 17.9. The Kier molecular flexibility index (Phi) is 92.9. The lowest BCUT2D eigenvalue weighted by Crippen LogP contribution is -1.78. The van der Waals surface area contributed by atoms with Crippen molar-refractivity contribution in [2.75, 3.05) is 0 Å². The molecule has 0 spiro atoms. The summed E-state index contributed by atoms with van der Waals surface area (Å²) in [5.41, 5.74) is 0. The van der Waals surface area contributed by atoms with E-state index in [9.17, 15) is 0 Å². The van der Waals surface area contributed by atoms with E-state index in [4.69, 9.17) is 49.5 Å². The van der Waals surface area contributed by atoms with Gasteiger partial charge in [0.05, 0.1) is 0 Å². The minimum Gasteiger partial charge on any atom is -0.481 e. The number of aliphatic carboxylic acids is 5. The molecule has 0 amide bonds. The maximum Gasteiger partial charge on any atom is 0.300 e. The molecule has 0 aliphatic rings. The quantitative estimate of drug-likeness (QED) is 0.318. The first kappa shape index (κ1) is 50.0. The first-order valence-electron chi connectivity index (χ1n) is 4.64. The van der Waals surface area contributed by atoms with Gasteiger partial charge in [-0.2, -0.15) is 0 Å². The molecule has 0 aromatic heterocycles. The summed E-state index contributed by atoms with van der Waals surface area (Å²) >= 11 is 0. The summed E-state index contributed by atoms with van der Waals surface area (Å²) in [5, 5.41) is 37.1. The number of carbonyl (C=O) groups is 5. The van der Waals surface area contributed by atoms with E-state index >= 15 is 0 Å². The molecule has 0 fully saturated rings. The van der Waals surface area contributed by atoms with Crippen molar-refractivity contribution in [1.82, 2.24) is 0 Å². The maximum atomic E-state index is 9.00. The largest absolute Gasteiger partial charge is 0.481 e. The molecule has 0 aliphatic heterocycles. The van der Waals surface area contributed by atoms with E-state index in [0.717, 1.165) is 34.6 Å². The topological polar surface area (TPSA) is 281 Å². The Bertz CT molecular complexity index is 207. The van der Waals surface area contributed by atoms with Crippen LogP contribution < -0.4 is 0 Å². The molecule has 0 saturated carbocycles. The number of carboxylic acids is 5. The minimum atomic E-state index is -0.833. The number of hydrogen-bond donors (Lipinski definition) is 5. The van der Waals surface area contributed by atoms with Crippen LogP contribution in [0, 0.1) is 0 Å². The molecule has 11 N–H and O–H groups in total. The summed E-state index contributed by atoms with van der Waals surface area (Å²) < 4.78 is 0. The van der Waals surface area contributed by atoms with Crippen LogP contribution in [-0.2, 0) is 24.0 Å². The molecule has 0 heterocycles. The SMILES string of the molecule is CC(=O)O.CC(=O)O.CC(=O)O.CC(=O)O.CC(=O)O.O.O.O. The number of rotatable bonds is 0. The average molecular weight is 354 g/mol. The third kappa shape index (κ3) is 744. The summed E-state index contributed by atoms with van der Waals surface area (Å²) in [6, 6.07) is 0. The molecule has 13 nitrogen and oxygen atoms in total. The van der Waals surface area contributed by atoms with Gasteiger partial charge in [0, 0.05) is 34.6 Å². The predicted octanol–water partition coefficient (Wildman–Crippen LogP) is -2.02. The summed E-state index contributed by atoms with van der Waals surface area (Å²) in [6.07, 6.45) is 0. The zero-order valence-electron chi connectivity index (χ0n) is 13.3. The highest BCUT2D eigenvalue weighted by atomic mass is 16.4. The molecular formula is C10H26O13. The summed E-state index contributed by atoms with van der Waals surface area (Å²) in [6.45, 7) is 5.42. The van der Waals surface area contributed by atoms with E-state index in [1.807, 2.05) is 0 Å². The molecule has 23 heavy (non-hydrogen) atoms. The molecule has 144 valence electrons. The predicted molar refractivity (Wildman–Crippen MR) is 77.4 cm³/mol. The van der Waals surface area contributed by atoms with Crippen molar-refractivity contribution in [3.05, 3.63) is 0 Å². The Balaban J connectivity index is -0.0000000197. The van der Waals surface area contributed by atoms with Crippen LogP contribution in [0.3, 0.4) is 0 Å². The Labute approximate surface area is 131 Å². The maximum absolute atomic E-state index is 9.00. The van der Waals surface area contributed by atoms with E-state index in [1.165, 1.54) is 0 Å². The monoisotopic (exact) mass is 354 g/mol. The van der Waals surface area contributed by atoms with Gasteiger partial charge >= 0.3 is 0 Å². The van der Waals surface area contributed by atoms with Crippen LogP contribution in [0.4, 0.5) is 0 Å². The smallest absolute Gasteiger partial charge is 0.300 e. The Morgan fingerprint density at radius 1 is 0.391 bits per heavy atom. The fourth-order valence-electron chi connectivity index (χ4n) is 0. The lowest BCUT2D eigenvalue weighted by atomic mass is 10.9. The van der Waals surface area contributed by atoms with Crippen LogP contribution >= 0.6 is 0 Å². The van der Waals surface area contributed by atoms with Gasteiger partial charge in [-0.1, -0.05) is 0 Å². The third-order valence-electron chi connectivity index (χ3n) is 0. The minimum absolute atomic E-state index is 0. The van der Waals surface area contributed by atoms with Gasteiger partial charge in [-0.25, -0.2) is 0 Å². The first-order valence-corrected chi connectivity index (χ1v) is 4.64. The Morgan fingerprint density at radius 2 is 0.391 bits per heavy atom. The van der Waals surface area contributed by atoms with Crippen molar-refractivity contribution in [1.29, 1.82) is 0 Å². The average Bonchev–Trinajstić information content (AvgIpc) is 1.94. The van der Waals surface area contributed by atoms with Crippen LogP contribution in [0.5, 0.6) is 0 Å². The van der Waals surface area contributed by atoms with Crippen molar-refractivity contribution in [2.45, 2.75) is 34.6 Å². The Hall–Kier alpha value is -2.77. The molecule has 0 aromatic rings. The summed E-state index contributed by atoms with van der Waals surface area (Å²) in [7, 11) is 0. The van der Waals surface area contributed by atoms with Crippen LogP contribution in [0.2, 0.25) is 0 Å². The highest BCUT2D eigenvalue weighted by molar-refractivity contribution is 5.63. The van der Waals surface area contributed by atoms with E-state index in [2.05, 4.69) is 0 Å². The molecule has 0 rings (SSSR count). The lowest BCUT2D eigenvalue weighted by Gasteiger charge is -1.59. The van der Waals surface area contributed by atoms with Crippen LogP contribution in [-0.4, -0.2) is 71.8 Å². The van der Waals surface area contributed by atoms with E-state index in [-0.39, 0.29) is 16.4 Å². The zero-order valence-corrected chi connectivity index (χ0v) is 13.3. The fraction of sp³-hybridized carbons (Fsp3) is 0.500. The second-order valence-corrected chi connectivity index (χ2v) is 2.60. The molecule has 0 atom stereocenters. The van der Waals surface area contributed by atoms with E-state index < -0.39 is 29.8 Å². The molecule has 0 saturated heterocycles. The van der Waals surface area contributed by atoms with Crippen LogP contribution in [0.15, 0.2) is 0 Å². The number of hydrogen-bond acceptors (Lipinski definition) is 5. The highest BCUT2D eigenvalue weighted by Gasteiger charge is 1.66. The van der Waals surface area contributed by atoms with Crippen molar-refractivity contribution < 1.29 is 65.9 Å². The molecule has 0 unspecified atom stereocenters. The first-order chi connectivity index (χ1) is 8.66. The van der Waals surface area contributed by atoms with Gasteiger partial charge in [0.1, 0.15) is 0 Å². The normalized spacial score (nSPS) is 5.43. The summed E-state index contributed by atoms with van der Waals surface area (Å²) in [5.74, 6) is -4.17. The molecule has 0 radical (unpaired) electrons. The second-order valence-electron chi connectivity index (χ2n) is 2.60. The van der Waals surface area contributed by atoms with Gasteiger partial charge in [-0.3, -0.25) is 24.0 Å². The standard InChI is InChI=1S/5C2H4O2.3H2O/c5*1-2(3)4;;;/h5*1H3,(H,3,4);3*1H2. The van der Waals surface area contributed by atoms with Crippen molar-refractivity contribution in [2.24, 2.45) is 0 Å². The number of carboxylic acid groups (broad SMARTS) is 5. The van der Waals surface area contributed by atoms with Gasteiger partial charge in [-0.05, 0) is 0 Å². The van der Waals surface area contributed by atoms with Crippen molar-refractivity contribution >= 4 is 29.8 Å². The fourth-order valence-corrected chi connectivity index (χ4v) is 0. The highest BCUT2D eigenvalue weighted by Crippen LogP contribution is 1.43. The van der Waals surface area contributed by atoms with Gasteiger partial charge in [-0.15, -0.1) is 0 Å². The third-order valence-corrected chi connectivity index (χ3v) is 0. The Morgan fingerprint density at radius 3 is 0.391 bits per heavy atom. The van der Waals surface area contributed by atoms with Gasteiger partial charge in [0.15, 0.2) is 0 Å². The van der Waals surface area contributed by atoms with E-state index in [0.29, 0.717) is 0 Å². The van der Waals surface area contributed by atoms with Crippen LogP contribution in [0.25, 0.3) is 0 Å². The molecule has 0 aromatic carbocycles. The van der Waals surface area contributed by atoms with Gasteiger partial charge in [0.2, 0.25) is 0 Å². The molecule has 13 heteroatoms. The van der Waals surface area contributed by atoms with Crippen LogP contribution in [0.1, 0.15) is 34.6 Å². The van der Waals surface area contributed by atoms with Crippen molar-refractivity contribution in [3.8, 4) is 0 Å². The molecule has 0 aliphatic carbocycles. The summed E-state index contributed by atoms with van der Waals surface area (Å²) in [4.78, 5) is 45.0. The molecular weight excluding hydrogens is 328 g/mol. The van der Waals surface area contributed by atoms with Gasteiger partial charge in [0.25, 0.3) is 29.8 Å². The van der Waals surface area contributed by atoms with E-state index in [1.54, 1.807) is 0 Å². The van der Waals surface area contributed by atoms with Crippen molar-refractivity contribution in [3.63, 3.8) is 0 Å². The molecule has 0 bridgehead atoms. The van der Waals surface area contributed by atoms with Gasteiger partial charge < -0.3 is 42.0 Å².